The van der Waals surface area contributed by atoms with Gasteiger partial charge < -0.3 is 10.2 Å². The maximum Gasteiger partial charge on any atom is 0.419 e. The number of nitrogens with zero attached hydrogens (tertiary/aromatic N) is 4. The van der Waals surface area contributed by atoms with E-state index in [0.717, 1.165) is 13.0 Å². The Morgan fingerprint density at radius 1 is 1.22 bits per heavy atom. The molecule has 1 atom stereocenters. The summed E-state index contributed by atoms with van der Waals surface area (Å²) in [5.74, 6) is -1.37. The Balaban J connectivity index is 1.65. The van der Waals surface area contributed by atoms with E-state index in [1.165, 1.54) is 17.0 Å². The van der Waals surface area contributed by atoms with Gasteiger partial charge in [0.15, 0.2) is 0 Å². The van der Waals surface area contributed by atoms with E-state index >= 15 is 0 Å². The fraction of sp³-hybridized carbons (Fsp3) is 0.471. The number of rotatable bonds is 2. The van der Waals surface area contributed by atoms with E-state index in [1.54, 1.807) is 4.68 Å². The van der Waals surface area contributed by atoms with Crippen LogP contribution in [0.5, 0.6) is 0 Å². The van der Waals surface area contributed by atoms with E-state index in [-0.39, 0.29) is 11.4 Å². The predicted octanol–water partition coefficient (Wildman–Crippen LogP) is 3.23. The lowest BCUT2D eigenvalue weighted by molar-refractivity contribution is -0.140. The average Bonchev–Trinajstić information content (AvgIpc) is 3.27. The average molecular weight is 383 g/mol. The van der Waals surface area contributed by atoms with Crippen molar-refractivity contribution in [2.45, 2.75) is 38.0 Å². The van der Waals surface area contributed by atoms with Gasteiger partial charge in [0.25, 0.3) is 5.91 Å². The normalized spacial score (nSPS) is 19.7. The second kappa shape index (κ2) is 6.50. The number of aryl methyl sites for hydroxylation is 1. The third kappa shape index (κ3) is 3.13. The van der Waals surface area contributed by atoms with E-state index < -0.39 is 29.5 Å². The van der Waals surface area contributed by atoms with Crippen LogP contribution in [-0.2, 0) is 12.7 Å². The molecule has 3 heterocycles. The van der Waals surface area contributed by atoms with E-state index in [0.29, 0.717) is 37.9 Å². The van der Waals surface area contributed by atoms with Crippen LogP contribution in [0.2, 0.25) is 0 Å². The lowest BCUT2D eigenvalue weighted by atomic mass is 10.0. The molecule has 1 aromatic carbocycles. The smallest absolute Gasteiger partial charge is 0.354 e. The number of fused-ring (bicyclic) bond motifs is 1. The van der Waals surface area contributed by atoms with E-state index in [2.05, 4.69) is 15.4 Å². The minimum Gasteiger partial charge on any atom is -0.354 e. The van der Waals surface area contributed by atoms with Crippen molar-refractivity contribution in [2.24, 2.45) is 0 Å². The lowest BCUT2D eigenvalue weighted by Crippen LogP contribution is -2.32. The van der Waals surface area contributed by atoms with Crippen molar-refractivity contribution < 1.29 is 22.4 Å². The molecule has 2 aliphatic rings. The fourth-order valence-electron chi connectivity index (χ4n) is 3.64. The molecule has 0 radical (unpaired) electrons. The van der Waals surface area contributed by atoms with Gasteiger partial charge in [0.05, 0.1) is 11.6 Å². The van der Waals surface area contributed by atoms with Crippen LogP contribution >= 0.6 is 0 Å². The van der Waals surface area contributed by atoms with Crippen molar-refractivity contribution >= 4 is 11.9 Å². The highest BCUT2D eigenvalue weighted by atomic mass is 19.4. The molecule has 1 fully saturated rings. The number of nitrogens with one attached hydrogen (secondary N) is 1. The Kier molecular flexibility index (Phi) is 4.27. The summed E-state index contributed by atoms with van der Waals surface area (Å²) >= 11 is 0. The topological polar surface area (TPSA) is 63.1 Å². The molecule has 0 aliphatic carbocycles. The zero-order valence-corrected chi connectivity index (χ0v) is 14.3. The van der Waals surface area contributed by atoms with Crippen LogP contribution in [0.4, 0.5) is 23.5 Å². The minimum absolute atomic E-state index is 0.0290. The largest absolute Gasteiger partial charge is 0.419 e. The number of hydrogen-bond acceptors (Lipinski definition) is 4. The number of benzene rings is 1. The van der Waals surface area contributed by atoms with Gasteiger partial charge in [-0.25, -0.2) is 9.07 Å². The van der Waals surface area contributed by atoms with Gasteiger partial charge in [-0.05, 0) is 25.3 Å². The van der Waals surface area contributed by atoms with E-state index in [4.69, 9.17) is 0 Å². The number of alkyl halides is 3. The van der Waals surface area contributed by atoms with Crippen molar-refractivity contribution in [3.8, 4) is 0 Å². The summed E-state index contributed by atoms with van der Waals surface area (Å²) in [5, 5.41) is 7.22. The number of amides is 1. The molecule has 2 aromatic rings. The van der Waals surface area contributed by atoms with Gasteiger partial charge in [-0.2, -0.15) is 18.2 Å². The van der Waals surface area contributed by atoms with Crippen molar-refractivity contribution in [3.05, 3.63) is 41.0 Å². The molecule has 0 bridgehead atoms. The predicted molar refractivity (Wildman–Crippen MR) is 87.5 cm³/mol. The highest BCUT2D eigenvalue weighted by Gasteiger charge is 2.39. The van der Waals surface area contributed by atoms with Crippen LogP contribution < -0.4 is 5.32 Å². The van der Waals surface area contributed by atoms with E-state index in [9.17, 15) is 22.4 Å². The van der Waals surface area contributed by atoms with Crippen molar-refractivity contribution in [1.82, 2.24) is 19.7 Å². The fourth-order valence-corrected chi connectivity index (χ4v) is 3.64. The summed E-state index contributed by atoms with van der Waals surface area (Å²) in [5.41, 5.74) is -1.45. The monoisotopic (exact) mass is 383 g/mol. The van der Waals surface area contributed by atoms with E-state index in [1.807, 2.05) is 0 Å². The number of hydrogen-bond donors (Lipinski definition) is 1. The summed E-state index contributed by atoms with van der Waals surface area (Å²) in [6.07, 6.45) is -2.98. The summed E-state index contributed by atoms with van der Waals surface area (Å²) in [6, 6.07) is 2.40. The van der Waals surface area contributed by atoms with Gasteiger partial charge in [-0.3, -0.25) is 4.79 Å². The molecule has 6 nitrogen and oxygen atoms in total. The first-order chi connectivity index (χ1) is 12.9. The molecule has 1 aromatic heterocycles. The maximum atomic E-state index is 14.5. The molecule has 0 spiro atoms. The minimum atomic E-state index is -4.79. The Hall–Kier alpha value is -2.65. The Morgan fingerprint density at radius 2 is 2.04 bits per heavy atom. The molecule has 1 saturated heterocycles. The van der Waals surface area contributed by atoms with Crippen LogP contribution in [-0.4, -0.2) is 38.7 Å². The number of aromatic nitrogens is 3. The standard InChI is InChI=1S/C17H17F4N5O/c18-13-10(4-1-5-11(13)17(19,20)21)12-6-2-8-25(12)15(27)14-23-16-22-7-3-9-26(16)24-14/h1,4-5,12H,2-3,6-9H2,(H,22,23,24). The molecule has 1 unspecified atom stereocenters. The lowest BCUT2D eigenvalue weighted by Gasteiger charge is -2.25. The zero-order chi connectivity index (χ0) is 19.2. The zero-order valence-electron chi connectivity index (χ0n) is 14.3. The first-order valence-electron chi connectivity index (χ1n) is 8.71. The van der Waals surface area contributed by atoms with Crippen molar-refractivity contribution in [2.75, 3.05) is 18.4 Å². The quantitative estimate of drug-likeness (QED) is 0.809. The highest BCUT2D eigenvalue weighted by Crippen LogP contribution is 2.39. The summed E-state index contributed by atoms with van der Waals surface area (Å²) < 4.78 is 55.2. The SMILES string of the molecule is O=C(c1nc2n(n1)CCCN2)N1CCCC1c1cccc(C(F)(F)F)c1F. The molecule has 1 amide bonds. The molecular formula is C17H17F4N5O. The van der Waals surface area contributed by atoms with Gasteiger partial charge in [0.2, 0.25) is 11.8 Å². The van der Waals surface area contributed by atoms with Crippen LogP contribution in [0.15, 0.2) is 18.2 Å². The molecule has 27 heavy (non-hydrogen) atoms. The molecule has 144 valence electrons. The number of carbonyl (C=O) groups is 1. The second-order valence-corrected chi connectivity index (χ2v) is 6.63. The number of carbonyl (C=O) groups excluding carboxylic acids is 1. The number of halogens is 4. The Morgan fingerprint density at radius 3 is 2.78 bits per heavy atom. The van der Waals surface area contributed by atoms with Gasteiger partial charge in [-0.15, -0.1) is 5.10 Å². The molecule has 4 rings (SSSR count). The highest BCUT2D eigenvalue weighted by molar-refractivity contribution is 5.91. The van der Waals surface area contributed by atoms with Crippen LogP contribution in [0.3, 0.4) is 0 Å². The van der Waals surface area contributed by atoms with Gasteiger partial charge in [0, 0.05) is 25.2 Å². The van der Waals surface area contributed by atoms with Gasteiger partial charge in [0.1, 0.15) is 5.82 Å². The second-order valence-electron chi connectivity index (χ2n) is 6.63. The molecule has 1 N–H and O–H groups in total. The molecular weight excluding hydrogens is 366 g/mol. The van der Waals surface area contributed by atoms with Crippen LogP contribution in [0.1, 0.15) is 47.1 Å². The van der Waals surface area contributed by atoms with Crippen LogP contribution in [0, 0.1) is 5.82 Å². The van der Waals surface area contributed by atoms with Crippen molar-refractivity contribution in [3.63, 3.8) is 0 Å². The molecule has 2 aliphatic heterocycles. The van der Waals surface area contributed by atoms with Crippen LogP contribution in [0.25, 0.3) is 0 Å². The molecule has 0 saturated carbocycles. The first kappa shape index (κ1) is 17.7. The third-order valence-corrected chi connectivity index (χ3v) is 4.90. The summed E-state index contributed by atoms with van der Waals surface area (Å²) in [6.45, 7) is 1.68. The number of likely N-dealkylation sites (tertiary alicyclic amines) is 1. The van der Waals surface area contributed by atoms with Crippen molar-refractivity contribution in [1.29, 1.82) is 0 Å². The summed E-state index contributed by atoms with van der Waals surface area (Å²) in [7, 11) is 0. The molecule has 10 heteroatoms. The third-order valence-electron chi connectivity index (χ3n) is 4.90. The first-order valence-corrected chi connectivity index (χ1v) is 8.71. The Labute approximate surface area is 152 Å². The Bertz CT molecular complexity index is 855. The van der Waals surface area contributed by atoms with Gasteiger partial charge in [-0.1, -0.05) is 12.1 Å². The summed E-state index contributed by atoms with van der Waals surface area (Å²) in [4.78, 5) is 18.4. The number of anilines is 1. The van der Waals surface area contributed by atoms with Gasteiger partial charge >= 0.3 is 6.18 Å². The maximum absolute atomic E-state index is 14.5.